The van der Waals surface area contributed by atoms with Gasteiger partial charge < -0.3 is 33.8 Å². The molecule has 0 heterocycles. The Kier molecular flexibility index (Phi) is 77.3. The SMILES string of the molecule is CCCCCCCCCCCCCCCCCCCCCCCCC(=O)O[C@H](COC(=O)CCCCCCCCCCCCCCCCCC(C)C)COP(=O)(O)OC[C@@H](O)COP(=O)(O)OC[C@@H](COC(=O)CCCCCCCCCCCCCC)OC(=O)CCCCCCCCCCCCCCC. The molecule has 0 aliphatic carbocycles. The highest BCUT2D eigenvalue weighted by Crippen LogP contribution is 2.45. The van der Waals surface area contributed by atoms with Crippen molar-refractivity contribution in [1.82, 2.24) is 0 Å². The molecule has 19 heteroatoms. The summed E-state index contributed by atoms with van der Waals surface area (Å²) in [6, 6.07) is 0. The number of rotatable bonds is 86. The van der Waals surface area contributed by atoms with Crippen molar-refractivity contribution in [2.45, 2.75) is 483 Å². The lowest BCUT2D eigenvalue weighted by Crippen LogP contribution is -2.30. The fraction of sp³-hybridized carbons (Fsp3) is 0.953. The summed E-state index contributed by atoms with van der Waals surface area (Å²) >= 11 is 0. The van der Waals surface area contributed by atoms with E-state index in [4.69, 9.17) is 37.0 Å². The van der Waals surface area contributed by atoms with Crippen molar-refractivity contribution >= 4 is 39.5 Å². The van der Waals surface area contributed by atoms with Gasteiger partial charge in [-0.3, -0.25) is 37.3 Å². The van der Waals surface area contributed by atoms with E-state index in [9.17, 15) is 43.2 Å². The van der Waals surface area contributed by atoms with E-state index in [0.717, 1.165) is 95.8 Å². The Morgan fingerprint density at radius 2 is 0.438 bits per heavy atom. The molecule has 0 aliphatic rings. The summed E-state index contributed by atoms with van der Waals surface area (Å²) in [7, 11) is -9.93. The standard InChI is InChI=1S/C86H168O17P2/c1-6-9-12-15-18-21-24-27-28-29-30-31-32-33-34-37-42-47-52-57-62-67-72-86(91)103-82(76-97-84(89)70-65-60-55-50-45-41-38-35-36-40-43-48-53-58-63-68-79(4)5)78-101-105(94,95)99-74-80(87)73-98-104(92,93)100-77-81(75-96-83(88)69-64-59-54-49-44-26-23-20-17-14-11-8-3)102-85(90)71-66-61-56-51-46-39-25-22-19-16-13-10-7-2/h79-82,87H,6-78H2,1-5H3,(H,92,93)(H,94,95)/t80-,81+,82+/m0/s1. The van der Waals surface area contributed by atoms with Crippen molar-refractivity contribution in [3.8, 4) is 0 Å². The van der Waals surface area contributed by atoms with Crippen LogP contribution in [0.5, 0.6) is 0 Å². The minimum absolute atomic E-state index is 0.108. The molecule has 0 bridgehead atoms. The van der Waals surface area contributed by atoms with Crippen LogP contribution in [0.3, 0.4) is 0 Å². The number of phosphoric ester groups is 2. The molecule has 2 unspecified atom stereocenters. The van der Waals surface area contributed by atoms with Gasteiger partial charge in [-0.05, 0) is 31.6 Å². The number of ether oxygens (including phenoxy) is 4. The number of esters is 4. The largest absolute Gasteiger partial charge is 0.472 e. The second kappa shape index (κ2) is 78.7. The Balaban J connectivity index is 5.22. The van der Waals surface area contributed by atoms with E-state index in [1.165, 1.54) is 289 Å². The first kappa shape index (κ1) is 103. The third-order valence-electron chi connectivity index (χ3n) is 20.3. The number of aliphatic hydroxyl groups excluding tert-OH is 1. The van der Waals surface area contributed by atoms with Crippen LogP contribution < -0.4 is 0 Å². The Bertz CT molecular complexity index is 2000. The van der Waals surface area contributed by atoms with Crippen molar-refractivity contribution in [3.63, 3.8) is 0 Å². The summed E-state index contributed by atoms with van der Waals surface area (Å²) in [5.74, 6) is -1.29. The number of unbranched alkanes of at least 4 members (excludes halogenated alkanes) is 58. The highest BCUT2D eigenvalue weighted by atomic mass is 31.2. The molecule has 0 saturated carbocycles. The molecule has 105 heavy (non-hydrogen) atoms. The van der Waals surface area contributed by atoms with Gasteiger partial charge >= 0.3 is 39.5 Å². The fourth-order valence-electron chi connectivity index (χ4n) is 13.5. The lowest BCUT2D eigenvalue weighted by Gasteiger charge is -2.21. The Morgan fingerprint density at radius 3 is 0.648 bits per heavy atom. The van der Waals surface area contributed by atoms with Crippen LogP contribution in [-0.4, -0.2) is 96.7 Å². The zero-order valence-corrected chi connectivity index (χ0v) is 70.7. The predicted octanol–water partition coefficient (Wildman–Crippen LogP) is 26.4. The van der Waals surface area contributed by atoms with Crippen LogP contribution in [0, 0.1) is 5.92 Å². The summed E-state index contributed by atoms with van der Waals surface area (Å²) in [5.41, 5.74) is 0. The number of carbonyl (C=O) groups is 4. The molecule has 17 nitrogen and oxygen atoms in total. The van der Waals surface area contributed by atoms with Gasteiger partial charge in [0.15, 0.2) is 12.2 Å². The van der Waals surface area contributed by atoms with Crippen molar-refractivity contribution in [2.75, 3.05) is 39.6 Å². The normalized spacial score (nSPS) is 13.8. The van der Waals surface area contributed by atoms with Gasteiger partial charge in [-0.25, -0.2) is 9.13 Å². The van der Waals surface area contributed by atoms with Crippen LogP contribution >= 0.6 is 15.6 Å². The van der Waals surface area contributed by atoms with E-state index in [1.54, 1.807) is 0 Å². The Hall–Kier alpha value is -1.94. The molecule has 0 amide bonds. The van der Waals surface area contributed by atoms with E-state index in [-0.39, 0.29) is 25.7 Å². The number of hydrogen-bond donors (Lipinski definition) is 3. The zero-order valence-electron chi connectivity index (χ0n) is 68.9. The molecule has 5 atom stereocenters. The average Bonchev–Trinajstić information content (AvgIpc) is 0.924. The average molecular weight is 1540 g/mol. The third kappa shape index (κ3) is 79.9. The lowest BCUT2D eigenvalue weighted by atomic mass is 10.0. The Morgan fingerprint density at radius 1 is 0.257 bits per heavy atom. The topological polar surface area (TPSA) is 237 Å². The van der Waals surface area contributed by atoms with Gasteiger partial charge in [0.1, 0.15) is 19.3 Å². The molecule has 0 saturated heterocycles. The maximum Gasteiger partial charge on any atom is 0.472 e. The highest BCUT2D eigenvalue weighted by Gasteiger charge is 2.30. The van der Waals surface area contributed by atoms with Crippen LogP contribution in [0.1, 0.15) is 465 Å². The summed E-state index contributed by atoms with van der Waals surface area (Å²) in [6.45, 7) is 7.39. The van der Waals surface area contributed by atoms with Gasteiger partial charge in [0.05, 0.1) is 26.4 Å². The summed E-state index contributed by atoms with van der Waals surface area (Å²) < 4.78 is 68.9. The van der Waals surface area contributed by atoms with E-state index in [0.29, 0.717) is 25.7 Å². The third-order valence-corrected chi connectivity index (χ3v) is 22.2. The smallest absolute Gasteiger partial charge is 0.462 e. The quantitative estimate of drug-likeness (QED) is 0.0222. The fourth-order valence-corrected chi connectivity index (χ4v) is 15.1. The summed E-state index contributed by atoms with van der Waals surface area (Å²) in [6.07, 6.45) is 72.2. The summed E-state index contributed by atoms with van der Waals surface area (Å²) in [4.78, 5) is 73.2. The molecule has 0 rings (SSSR count). The lowest BCUT2D eigenvalue weighted by molar-refractivity contribution is -0.161. The molecule has 0 spiro atoms. The van der Waals surface area contributed by atoms with Crippen molar-refractivity contribution in [3.05, 3.63) is 0 Å². The van der Waals surface area contributed by atoms with Crippen LogP contribution in [0.15, 0.2) is 0 Å². The molecule has 3 N–H and O–H groups in total. The monoisotopic (exact) mass is 1540 g/mol. The van der Waals surface area contributed by atoms with Crippen LogP contribution in [0.25, 0.3) is 0 Å². The highest BCUT2D eigenvalue weighted by molar-refractivity contribution is 7.47. The van der Waals surface area contributed by atoms with Gasteiger partial charge in [-0.2, -0.15) is 0 Å². The van der Waals surface area contributed by atoms with Gasteiger partial charge in [0.25, 0.3) is 0 Å². The van der Waals surface area contributed by atoms with Crippen molar-refractivity contribution in [2.24, 2.45) is 5.92 Å². The van der Waals surface area contributed by atoms with E-state index < -0.39 is 97.5 Å². The first-order valence-electron chi connectivity index (χ1n) is 44.6. The molecular formula is C86H168O17P2. The van der Waals surface area contributed by atoms with E-state index in [2.05, 4.69) is 34.6 Å². The number of aliphatic hydroxyl groups is 1. The first-order valence-corrected chi connectivity index (χ1v) is 47.6. The van der Waals surface area contributed by atoms with Gasteiger partial charge in [-0.15, -0.1) is 0 Å². The molecular weight excluding hydrogens is 1370 g/mol. The minimum Gasteiger partial charge on any atom is -0.462 e. The van der Waals surface area contributed by atoms with Crippen LogP contribution in [0.2, 0.25) is 0 Å². The van der Waals surface area contributed by atoms with Crippen molar-refractivity contribution < 1.29 is 80.2 Å². The van der Waals surface area contributed by atoms with E-state index in [1.807, 2.05) is 0 Å². The van der Waals surface area contributed by atoms with Gasteiger partial charge in [0, 0.05) is 25.7 Å². The van der Waals surface area contributed by atoms with Gasteiger partial charge in [-0.1, -0.05) is 413 Å². The molecule has 0 aromatic heterocycles. The molecule has 624 valence electrons. The van der Waals surface area contributed by atoms with Gasteiger partial charge in [0.2, 0.25) is 0 Å². The number of hydrogen-bond acceptors (Lipinski definition) is 15. The molecule has 0 radical (unpaired) electrons. The van der Waals surface area contributed by atoms with Crippen LogP contribution in [-0.2, 0) is 65.4 Å². The van der Waals surface area contributed by atoms with Crippen molar-refractivity contribution in [1.29, 1.82) is 0 Å². The number of carbonyl (C=O) groups excluding carboxylic acids is 4. The molecule has 0 fully saturated rings. The zero-order chi connectivity index (χ0) is 76.9. The maximum atomic E-state index is 13.1. The number of phosphoric acid groups is 2. The molecule has 0 aromatic carbocycles. The minimum atomic E-state index is -4.97. The Labute approximate surface area is 645 Å². The van der Waals surface area contributed by atoms with Crippen LogP contribution in [0.4, 0.5) is 0 Å². The maximum absolute atomic E-state index is 13.1. The van der Waals surface area contributed by atoms with E-state index >= 15 is 0 Å². The molecule has 0 aliphatic heterocycles. The second-order valence-corrected chi connectivity index (χ2v) is 34.3. The molecule has 0 aromatic rings. The predicted molar refractivity (Wildman–Crippen MR) is 432 cm³/mol. The summed E-state index contributed by atoms with van der Waals surface area (Å²) in [5, 5.41) is 10.7. The second-order valence-electron chi connectivity index (χ2n) is 31.4. The first-order chi connectivity index (χ1) is 51.0.